The third-order valence-electron chi connectivity index (χ3n) is 2.86. The maximum absolute atomic E-state index is 10.7. The summed E-state index contributed by atoms with van der Waals surface area (Å²) in [6, 6.07) is 5.12. The van der Waals surface area contributed by atoms with Crippen molar-refractivity contribution in [3.63, 3.8) is 0 Å². The molecule has 4 nitrogen and oxygen atoms in total. The summed E-state index contributed by atoms with van der Waals surface area (Å²) in [6.07, 6.45) is 0.999. The van der Waals surface area contributed by atoms with Crippen LogP contribution in [-0.2, 0) is 4.79 Å². The molecular formula is C12H13ClO4. The number of aliphatic carboxylic acids is 1. The number of carboxylic acid groups (broad SMARTS) is 1. The van der Waals surface area contributed by atoms with E-state index >= 15 is 0 Å². The first kappa shape index (κ1) is 12.0. The summed E-state index contributed by atoms with van der Waals surface area (Å²) < 4.78 is 10.8. The van der Waals surface area contributed by atoms with Gasteiger partial charge in [0.25, 0.3) is 0 Å². The highest BCUT2D eigenvalue weighted by Crippen LogP contribution is 2.36. The Kier molecular flexibility index (Phi) is 3.43. The second-order valence-corrected chi connectivity index (χ2v) is 4.48. The molecule has 0 aliphatic heterocycles. The molecule has 1 aliphatic rings. The van der Waals surface area contributed by atoms with Crippen LogP contribution in [0, 0.1) is 5.92 Å². The van der Waals surface area contributed by atoms with E-state index in [1.165, 1.54) is 0 Å². The molecule has 0 atom stereocenters. The van der Waals surface area contributed by atoms with E-state index in [0.29, 0.717) is 29.4 Å². The van der Waals surface area contributed by atoms with E-state index in [2.05, 4.69) is 0 Å². The molecule has 0 bridgehead atoms. The van der Waals surface area contributed by atoms with Crippen molar-refractivity contribution < 1.29 is 19.4 Å². The highest BCUT2D eigenvalue weighted by Gasteiger charge is 2.36. The predicted molar refractivity (Wildman–Crippen MR) is 62.8 cm³/mol. The van der Waals surface area contributed by atoms with Crippen LogP contribution in [0.1, 0.15) is 12.8 Å². The zero-order chi connectivity index (χ0) is 12.4. The molecule has 1 aliphatic carbocycles. The lowest BCUT2D eigenvalue weighted by Crippen LogP contribution is -2.38. The molecule has 0 heterocycles. The second kappa shape index (κ2) is 4.84. The van der Waals surface area contributed by atoms with Crippen molar-refractivity contribution in [3.8, 4) is 11.5 Å². The Labute approximate surface area is 104 Å². The van der Waals surface area contributed by atoms with Gasteiger partial charge in [-0.3, -0.25) is 4.79 Å². The Balaban J connectivity index is 2.00. The summed E-state index contributed by atoms with van der Waals surface area (Å²) in [4.78, 5) is 10.7. The van der Waals surface area contributed by atoms with Crippen LogP contribution in [0.15, 0.2) is 18.2 Å². The van der Waals surface area contributed by atoms with E-state index in [4.69, 9.17) is 26.2 Å². The maximum Gasteiger partial charge on any atom is 0.306 e. The predicted octanol–water partition coefficient (Wildman–Crippen LogP) is 2.59. The number of hydrogen-bond acceptors (Lipinski definition) is 3. The summed E-state index contributed by atoms with van der Waals surface area (Å²) in [5, 5.41) is 9.33. The van der Waals surface area contributed by atoms with Gasteiger partial charge in [-0.1, -0.05) is 11.6 Å². The third kappa shape index (κ3) is 2.64. The van der Waals surface area contributed by atoms with Crippen LogP contribution < -0.4 is 9.47 Å². The molecule has 1 aromatic rings. The molecule has 1 fully saturated rings. The minimum Gasteiger partial charge on any atom is -0.493 e. The summed E-state index contributed by atoms with van der Waals surface area (Å²) in [5.41, 5.74) is 0. The van der Waals surface area contributed by atoms with E-state index in [9.17, 15) is 4.79 Å². The van der Waals surface area contributed by atoms with Crippen molar-refractivity contribution in [2.75, 3.05) is 7.11 Å². The molecule has 92 valence electrons. The lowest BCUT2D eigenvalue weighted by molar-refractivity contribution is -0.147. The Morgan fingerprint density at radius 1 is 1.41 bits per heavy atom. The van der Waals surface area contributed by atoms with Crippen molar-refractivity contribution >= 4 is 17.6 Å². The van der Waals surface area contributed by atoms with Crippen molar-refractivity contribution in [2.45, 2.75) is 18.9 Å². The number of hydrogen-bond donors (Lipinski definition) is 1. The number of ether oxygens (including phenoxy) is 2. The summed E-state index contributed by atoms with van der Waals surface area (Å²) >= 11 is 5.87. The van der Waals surface area contributed by atoms with Crippen LogP contribution in [0.4, 0.5) is 0 Å². The van der Waals surface area contributed by atoms with Crippen LogP contribution in [-0.4, -0.2) is 24.3 Å². The zero-order valence-electron chi connectivity index (χ0n) is 9.35. The van der Waals surface area contributed by atoms with Gasteiger partial charge in [-0.15, -0.1) is 0 Å². The van der Waals surface area contributed by atoms with Gasteiger partial charge in [0.1, 0.15) is 6.10 Å². The molecule has 1 saturated carbocycles. The first-order valence-corrected chi connectivity index (χ1v) is 5.71. The second-order valence-electron chi connectivity index (χ2n) is 4.04. The van der Waals surface area contributed by atoms with Crippen LogP contribution in [0.5, 0.6) is 11.5 Å². The Morgan fingerprint density at radius 2 is 2.12 bits per heavy atom. The number of carbonyl (C=O) groups is 1. The van der Waals surface area contributed by atoms with Crippen molar-refractivity contribution in [2.24, 2.45) is 5.92 Å². The maximum atomic E-state index is 10.7. The topological polar surface area (TPSA) is 55.8 Å². The van der Waals surface area contributed by atoms with E-state index in [-0.39, 0.29) is 12.0 Å². The van der Waals surface area contributed by atoms with Crippen LogP contribution in [0.3, 0.4) is 0 Å². The summed E-state index contributed by atoms with van der Waals surface area (Å²) in [5.74, 6) is 0.120. The number of benzene rings is 1. The average molecular weight is 257 g/mol. The fourth-order valence-corrected chi connectivity index (χ4v) is 1.95. The van der Waals surface area contributed by atoms with E-state index < -0.39 is 5.97 Å². The zero-order valence-corrected chi connectivity index (χ0v) is 10.1. The Bertz CT molecular complexity index is 427. The third-order valence-corrected chi connectivity index (χ3v) is 3.10. The van der Waals surface area contributed by atoms with E-state index in [0.717, 1.165) is 0 Å². The first-order valence-electron chi connectivity index (χ1n) is 5.33. The van der Waals surface area contributed by atoms with Gasteiger partial charge in [-0.2, -0.15) is 0 Å². The molecule has 0 spiro atoms. The SMILES string of the molecule is COc1ccc(Cl)cc1OC1CC(C(=O)O)C1. The standard InChI is InChI=1S/C12H13ClO4/c1-16-10-3-2-8(13)6-11(10)17-9-4-7(5-9)12(14)15/h2-3,6-7,9H,4-5H2,1H3,(H,14,15). The molecule has 1 N–H and O–H groups in total. The Hall–Kier alpha value is -1.42. The minimum atomic E-state index is -0.761. The van der Waals surface area contributed by atoms with Gasteiger partial charge in [-0.05, 0) is 25.0 Å². The molecule has 0 aromatic heterocycles. The lowest BCUT2D eigenvalue weighted by Gasteiger charge is -2.32. The molecule has 0 radical (unpaired) electrons. The fourth-order valence-electron chi connectivity index (χ4n) is 1.79. The number of carboxylic acids is 1. The smallest absolute Gasteiger partial charge is 0.306 e. The quantitative estimate of drug-likeness (QED) is 0.900. The van der Waals surface area contributed by atoms with Crippen molar-refractivity contribution in [3.05, 3.63) is 23.2 Å². The highest BCUT2D eigenvalue weighted by atomic mass is 35.5. The van der Waals surface area contributed by atoms with Crippen LogP contribution in [0.25, 0.3) is 0 Å². The van der Waals surface area contributed by atoms with Gasteiger partial charge in [0.05, 0.1) is 13.0 Å². The van der Waals surface area contributed by atoms with Gasteiger partial charge in [0.2, 0.25) is 0 Å². The van der Waals surface area contributed by atoms with Gasteiger partial charge >= 0.3 is 5.97 Å². The molecule has 17 heavy (non-hydrogen) atoms. The summed E-state index contributed by atoms with van der Waals surface area (Å²) in [7, 11) is 1.55. The first-order chi connectivity index (χ1) is 8.10. The molecule has 1 aromatic carbocycles. The normalized spacial score (nSPS) is 22.7. The van der Waals surface area contributed by atoms with Gasteiger partial charge in [-0.25, -0.2) is 0 Å². The van der Waals surface area contributed by atoms with E-state index in [1.807, 2.05) is 0 Å². The number of halogens is 1. The van der Waals surface area contributed by atoms with Crippen molar-refractivity contribution in [1.29, 1.82) is 0 Å². The molecule has 2 rings (SSSR count). The molecule has 0 unspecified atom stereocenters. The van der Waals surface area contributed by atoms with Gasteiger partial charge < -0.3 is 14.6 Å². The largest absolute Gasteiger partial charge is 0.493 e. The highest BCUT2D eigenvalue weighted by molar-refractivity contribution is 6.30. The fraction of sp³-hybridized carbons (Fsp3) is 0.417. The van der Waals surface area contributed by atoms with Gasteiger partial charge in [0.15, 0.2) is 11.5 Å². The minimum absolute atomic E-state index is 0.0662. The molecule has 0 amide bonds. The van der Waals surface area contributed by atoms with Crippen molar-refractivity contribution in [1.82, 2.24) is 0 Å². The lowest BCUT2D eigenvalue weighted by atomic mass is 9.82. The monoisotopic (exact) mass is 256 g/mol. The average Bonchev–Trinajstić information content (AvgIpc) is 2.22. The van der Waals surface area contributed by atoms with E-state index in [1.54, 1.807) is 25.3 Å². The molecule has 5 heteroatoms. The van der Waals surface area contributed by atoms with Crippen LogP contribution in [0.2, 0.25) is 5.02 Å². The summed E-state index contributed by atoms with van der Waals surface area (Å²) in [6.45, 7) is 0. The number of methoxy groups -OCH3 is 1. The Morgan fingerprint density at radius 3 is 2.71 bits per heavy atom. The molecule has 0 saturated heterocycles. The number of rotatable bonds is 4. The molecular weight excluding hydrogens is 244 g/mol. The van der Waals surface area contributed by atoms with Gasteiger partial charge in [0, 0.05) is 11.1 Å². The van der Waals surface area contributed by atoms with Crippen LogP contribution >= 0.6 is 11.6 Å².